The molecule has 0 aliphatic rings. The van der Waals surface area contributed by atoms with Crippen LogP contribution in [-0.2, 0) is 4.74 Å². The van der Waals surface area contributed by atoms with E-state index in [9.17, 15) is 4.79 Å². The Labute approximate surface area is 153 Å². The number of carbonyl (C=O) groups excluding carboxylic acids is 1. The minimum atomic E-state index is -0.769. The van der Waals surface area contributed by atoms with E-state index in [2.05, 4.69) is 10.2 Å². The number of nitrogens with two attached hydrogens (primary N) is 1. The summed E-state index contributed by atoms with van der Waals surface area (Å²) in [5, 5.41) is 8.34. The summed E-state index contributed by atoms with van der Waals surface area (Å²) in [6, 6.07) is 12.1. The Bertz CT molecular complexity index is 913. The van der Waals surface area contributed by atoms with E-state index in [-0.39, 0.29) is 27.2 Å². The highest BCUT2D eigenvalue weighted by atomic mass is 35.5. The first kappa shape index (κ1) is 17.3. The molecule has 1 atom stereocenters. The van der Waals surface area contributed by atoms with Crippen LogP contribution in [0.15, 0.2) is 46.9 Å². The van der Waals surface area contributed by atoms with Crippen LogP contribution >= 0.6 is 23.2 Å². The number of esters is 1. The van der Waals surface area contributed by atoms with Crippen LogP contribution in [0, 0.1) is 0 Å². The van der Waals surface area contributed by atoms with Crippen molar-refractivity contribution in [3.8, 4) is 11.5 Å². The number of rotatable bonds is 4. The summed E-state index contributed by atoms with van der Waals surface area (Å²) in [4.78, 5) is 12.3. The number of hydrogen-bond acceptors (Lipinski definition) is 6. The lowest BCUT2D eigenvalue weighted by molar-refractivity contribution is 0.0281. The monoisotopic (exact) mass is 377 g/mol. The highest BCUT2D eigenvalue weighted by molar-refractivity contribution is 6.37. The van der Waals surface area contributed by atoms with Crippen molar-refractivity contribution in [2.75, 3.05) is 5.73 Å². The summed E-state index contributed by atoms with van der Waals surface area (Å²) in [7, 11) is 0. The zero-order valence-corrected chi connectivity index (χ0v) is 14.6. The summed E-state index contributed by atoms with van der Waals surface area (Å²) < 4.78 is 10.9. The minimum absolute atomic E-state index is 0.0761. The summed E-state index contributed by atoms with van der Waals surface area (Å²) in [6.07, 6.45) is -0.769. The van der Waals surface area contributed by atoms with Crippen LogP contribution in [0.4, 0.5) is 5.69 Å². The molecule has 0 aliphatic carbocycles. The standard InChI is InChI=1S/C17H13Cl2N3O3/c1-9(15-21-22-16(25-15)10-5-3-2-4-6-10)24-17(23)12-7-11(18)8-13(19)14(12)20/h2-9H,20H2,1H3/t9-/m0/s1. The maximum atomic E-state index is 12.3. The molecule has 2 aromatic carbocycles. The highest BCUT2D eigenvalue weighted by Gasteiger charge is 2.22. The number of nitrogens with zero attached hydrogens (tertiary/aromatic N) is 2. The Morgan fingerprint density at radius 1 is 1.20 bits per heavy atom. The number of carbonyl (C=O) groups is 1. The molecular weight excluding hydrogens is 365 g/mol. The zero-order valence-electron chi connectivity index (χ0n) is 13.1. The summed E-state index contributed by atoms with van der Waals surface area (Å²) in [5.74, 6) is -0.184. The second kappa shape index (κ2) is 7.13. The Kier molecular flexibility index (Phi) is 4.92. The maximum Gasteiger partial charge on any atom is 0.341 e. The molecule has 0 amide bonds. The van der Waals surface area contributed by atoms with Gasteiger partial charge in [0.2, 0.25) is 5.89 Å². The van der Waals surface area contributed by atoms with Crippen molar-refractivity contribution in [2.45, 2.75) is 13.0 Å². The number of benzene rings is 2. The van der Waals surface area contributed by atoms with Crippen LogP contribution < -0.4 is 5.73 Å². The molecule has 25 heavy (non-hydrogen) atoms. The molecule has 128 valence electrons. The van der Waals surface area contributed by atoms with Gasteiger partial charge in [-0.2, -0.15) is 0 Å². The topological polar surface area (TPSA) is 91.2 Å². The number of nitrogen functional groups attached to an aromatic ring is 1. The van der Waals surface area contributed by atoms with E-state index >= 15 is 0 Å². The molecule has 8 heteroatoms. The van der Waals surface area contributed by atoms with E-state index in [0.29, 0.717) is 5.89 Å². The van der Waals surface area contributed by atoms with Crippen molar-refractivity contribution in [3.63, 3.8) is 0 Å². The van der Waals surface area contributed by atoms with Gasteiger partial charge in [-0.15, -0.1) is 10.2 Å². The molecule has 0 saturated carbocycles. The third kappa shape index (κ3) is 3.75. The van der Waals surface area contributed by atoms with Gasteiger partial charge >= 0.3 is 5.97 Å². The number of aromatic nitrogens is 2. The van der Waals surface area contributed by atoms with E-state index < -0.39 is 12.1 Å². The SMILES string of the molecule is C[C@H](OC(=O)c1cc(Cl)cc(Cl)c1N)c1nnc(-c2ccccc2)o1. The average Bonchev–Trinajstić information content (AvgIpc) is 3.09. The third-order valence-corrected chi connectivity index (χ3v) is 3.94. The predicted molar refractivity (Wildman–Crippen MR) is 94.4 cm³/mol. The summed E-state index contributed by atoms with van der Waals surface area (Å²) in [6.45, 7) is 1.61. The fourth-order valence-corrected chi connectivity index (χ4v) is 2.62. The van der Waals surface area contributed by atoms with Gasteiger partial charge in [-0.1, -0.05) is 41.4 Å². The Morgan fingerprint density at radius 3 is 2.64 bits per heavy atom. The molecule has 2 N–H and O–H groups in total. The average molecular weight is 378 g/mol. The Hall–Kier alpha value is -2.57. The van der Waals surface area contributed by atoms with Crippen LogP contribution in [0.1, 0.15) is 29.3 Å². The van der Waals surface area contributed by atoms with Gasteiger partial charge in [-0.3, -0.25) is 0 Å². The van der Waals surface area contributed by atoms with Crippen molar-refractivity contribution in [2.24, 2.45) is 0 Å². The minimum Gasteiger partial charge on any atom is -0.449 e. The Balaban J connectivity index is 1.78. The molecule has 0 saturated heterocycles. The normalized spacial score (nSPS) is 12.0. The summed E-state index contributed by atoms with van der Waals surface area (Å²) >= 11 is 11.8. The molecule has 3 aromatic rings. The van der Waals surface area contributed by atoms with Gasteiger partial charge in [-0.25, -0.2) is 4.79 Å². The number of halogens is 2. The van der Waals surface area contributed by atoms with Gasteiger partial charge in [0.15, 0.2) is 6.10 Å². The van der Waals surface area contributed by atoms with Gasteiger partial charge in [0, 0.05) is 10.6 Å². The lowest BCUT2D eigenvalue weighted by Crippen LogP contribution is -2.12. The van der Waals surface area contributed by atoms with Crippen molar-refractivity contribution in [1.82, 2.24) is 10.2 Å². The first-order valence-electron chi connectivity index (χ1n) is 7.30. The Morgan fingerprint density at radius 2 is 1.92 bits per heavy atom. The fourth-order valence-electron chi connectivity index (χ4n) is 2.12. The van der Waals surface area contributed by atoms with E-state index in [1.165, 1.54) is 12.1 Å². The largest absolute Gasteiger partial charge is 0.449 e. The second-order valence-corrected chi connectivity index (χ2v) is 6.05. The van der Waals surface area contributed by atoms with Gasteiger partial charge in [0.1, 0.15) is 0 Å². The van der Waals surface area contributed by atoms with E-state index in [0.717, 1.165) is 5.56 Å². The first-order chi connectivity index (χ1) is 12.0. The van der Waals surface area contributed by atoms with Crippen molar-refractivity contribution in [1.29, 1.82) is 0 Å². The van der Waals surface area contributed by atoms with Crippen LogP contribution in [0.3, 0.4) is 0 Å². The van der Waals surface area contributed by atoms with E-state index in [4.69, 9.17) is 38.1 Å². The predicted octanol–water partition coefficient (Wildman–Crippen LogP) is 4.54. The number of hydrogen-bond donors (Lipinski definition) is 1. The number of anilines is 1. The van der Waals surface area contributed by atoms with Gasteiger partial charge in [0.05, 0.1) is 16.3 Å². The maximum absolute atomic E-state index is 12.3. The van der Waals surface area contributed by atoms with Crippen molar-refractivity contribution < 1.29 is 13.9 Å². The molecule has 0 bridgehead atoms. The van der Waals surface area contributed by atoms with Crippen molar-refractivity contribution in [3.05, 3.63) is 64.0 Å². The molecule has 6 nitrogen and oxygen atoms in total. The summed E-state index contributed by atoms with van der Waals surface area (Å²) in [5.41, 5.74) is 6.75. The lowest BCUT2D eigenvalue weighted by atomic mass is 10.2. The van der Waals surface area contributed by atoms with Gasteiger partial charge < -0.3 is 14.9 Å². The molecule has 0 fully saturated rings. The first-order valence-corrected chi connectivity index (χ1v) is 8.05. The molecule has 0 aliphatic heterocycles. The quantitative estimate of drug-likeness (QED) is 0.529. The second-order valence-electron chi connectivity index (χ2n) is 5.21. The highest BCUT2D eigenvalue weighted by Crippen LogP contribution is 2.29. The smallest absolute Gasteiger partial charge is 0.341 e. The molecule has 1 heterocycles. The molecule has 3 rings (SSSR count). The fraction of sp³-hybridized carbons (Fsp3) is 0.118. The number of ether oxygens (including phenoxy) is 1. The molecule has 1 aromatic heterocycles. The van der Waals surface area contributed by atoms with Crippen LogP contribution in [0.5, 0.6) is 0 Å². The van der Waals surface area contributed by atoms with E-state index in [1.54, 1.807) is 6.92 Å². The van der Waals surface area contributed by atoms with Crippen LogP contribution in [0.2, 0.25) is 10.0 Å². The van der Waals surface area contributed by atoms with Gasteiger partial charge in [0.25, 0.3) is 5.89 Å². The molecule has 0 spiro atoms. The molecule has 0 radical (unpaired) electrons. The zero-order chi connectivity index (χ0) is 18.0. The van der Waals surface area contributed by atoms with Crippen LogP contribution in [0.25, 0.3) is 11.5 Å². The van der Waals surface area contributed by atoms with Gasteiger partial charge in [-0.05, 0) is 31.2 Å². The lowest BCUT2D eigenvalue weighted by Gasteiger charge is -2.12. The molecule has 0 unspecified atom stereocenters. The van der Waals surface area contributed by atoms with Crippen LogP contribution in [-0.4, -0.2) is 16.2 Å². The molecular formula is C17H13Cl2N3O3. The van der Waals surface area contributed by atoms with Crippen molar-refractivity contribution >= 4 is 34.9 Å². The third-order valence-electron chi connectivity index (χ3n) is 3.41. The van der Waals surface area contributed by atoms with E-state index in [1.807, 2.05) is 30.3 Å².